The largest absolute Gasteiger partial charge is 0.494 e. The maximum absolute atomic E-state index is 12.0. The predicted octanol–water partition coefficient (Wildman–Crippen LogP) is 2.65. The summed E-state index contributed by atoms with van der Waals surface area (Å²) in [5.41, 5.74) is 0.650. The van der Waals surface area contributed by atoms with Gasteiger partial charge in [-0.3, -0.25) is 4.79 Å². The molecule has 0 unspecified atom stereocenters. The first kappa shape index (κ1) is 17.8. The number of rotatable bonds is 9. The summed E-state index contributed by atoms with van der Waals surface area (Å²) in [6, 6.07) is 7.19. The Hall–Kier alpha value is -1.59. The summed E-state index contributed by atoms with van der Waals surface area (Å²) in [5.74, 6) is 1.35. The van der Waals surface area contributed by atoms with E-state index in [0.29, 0.717) is 31.2 Å². The van der Waals surface area contributed by atoms with Gasteiger partial charge in [0.1, 0.15) is 5.75 Å². The minimum atomic E-state index is -0.0579. The zero-order chi connectivity index (χ0) is 16.3. The number of nitrogens with one attached hydrogen (secondary N) is 1. The molecule has 5 heteroatoms. The van der Waals surface area contributed by atoms with E-state index >= 15 is 0 Å². The Morgan fingerprint density at radius 1 is 1.26 bits per heavy atom. The molecule has 0 spiro atoms. The fraction of sp³-hybridized carbons (Fsp3) is 0.611. The molecule has 0 bridgehead atoms. The number of benzene rings is 1. The summed E-state index contributed by atoms with van der Waals surface area (Å²) in [5, 5.41) is 2.91. The Morgan fingerprint density at radius 2 is 2.00 bits per heavy atom. The summed E-state index contributed by atoms with van der Waals surface area (Å²) in [7, 11) is 0. The van der Waals surface area contributed by atoms with Gasteiger partial charge in [-0.15, -0.1) is 0 Å². The lowest BCUT2D eigenvalue weighted by Crippen LogP contribution is -2.26. The summed E-state index contributed by atoms with van der Waals surface area (Å²) in [6.45, 7) is 6.37. The number of hydrogen-bond acceptors (Lipinski definition) is 4. The molecule has 1 amide bonds. The van der Waals surface area contributed by atoms with Crippen LogP contribution in [-0.2, 0) is 9.47 Å². The molecule has 2 rings (SSSR count). The van der Waals surface area contributed by atoms with E-state index in [4.69, 9.17) is 14.2 Å². The number of carbonyl (C=O) groups excluding carboxylic acids is 1. The maximum Gasteiger partial charge on any atom is 0.251 e. The number of amides is 1. The van der Waals surface area contributed by atoms with E-state index in [1.807, 2.05) is 19.1 Å². The van der Waals surface area contributed by atoms with E-state index in [9.17, 15) is 4.79 Å². The van der Waals surface area contributed by atoms with E-state index in [0.717, 1.165) is 44.8 Å². The molecule has 23 heavy (non-hydrogen) atoms. The predicted molar refractivity (Wildman–Crippen MR) is 88.9 cm³/mol. The average molecular weight is 321 g/mol. The van der Waals surface area contributed by atoms with Crippen molar-refractivity contribution in [2.75, 3.05) is 39.6 Å². The summed E-state index contributed by atoms with van der Waals surface area (Å²) < 4.78 is 16.4. The summed E-state index contributed by atoms with van der Waals surface area (Å²) >= 11 is 0. The van der Waals surface area contributed by atoms with E-state index in [1.54, 1.807) is 12.1 Å². The molecule has 0 aliphatic carbocycles. The quantitative estimate of drug-likeness (QED) is 0.711. The van der Waals surface area contributed by atoms with Gasteiger partial charge >= 0.3 is 0 Å². The lowest BCUT2D eigenvalue weighted by atomic mass is 10.0. The molecular formula is C18H27NO4. The van der Waals surface area contributed by atoms with Crippen LogP contribution in [0.2, 0.25) is 0 Å². The van der Waals surface area contributed by atoms with Crippen LogP contribution in [0.3, 0.4) is 0 Å². The van der Waals surface area contributed by atoms with Crippen LogP contribution in [0.5, 0.6) is 5.75 Å². The van der Waals surface area contributed by atoms with Crippen molar-refractivity contribution in [1.29, 1.82) is 0 Å². The minimum absolute atomic E-state index is 0.0579. The highest BCUT2D eigenvalue weighted by atomic mass is 16.5. The molecular weight excluding hydrogens is 294 g/mol. The highest BCUT2D eigenvalue weighted by Gasteiger charge is 2.13. The van der Waals surface area contributed by atoms with Crippen LogP contribution >= 0.6 is 0 Å². The van der Waals surface area contributed by atoms with Crippen molar-refractivity contribution in [2.45, 2.75) is 26.2 Å². The van der Waals surface area contributed by atoms with Crippen molar-refractivity contribution < 1.29 is 19.0 Å². The normalized spacial score (nSPS) is 15.3. The molecule has 1 fully saturated rings. The van der Waals surface area contributed by atoms with Gasteiger partial charge in [0.15, 0.2) is 0 Å². The van der Waals surface area contributed by atoms with Crippen molar-refractivity contribution >= 4 is 5.91 Å². The van der Waals surface area contributed by atoms with Gasteiger partial charge in [-0.2, -0.15) is 0 Å². The van der Waals surface area contributed by atoms with Crippen LogP contribution < -0.4 is 10.1 Å². The Kier molecular flexibility index (Phi) is 7.90. The van der Waals surface area contributed by atoms with Crippen LogP contribution in [0.1, 0.15) is 36.5 Å². The van der Waals surface area contributed by atoms with Gasteiger partial charge in [0.2, 0.25) is 0 Å². The molecule has 1 saturated heterocycles. The van der Waals surface area contributed by atoms with Crippen LogP contribution in [0, 0.1) is 5.92 Å². The smallest absolute Gasteiger partial charge is 0.251 e. The second-order valence-corrected chi connectivity index (χ2v) is 5.70. The lowest BCUT2D eigenvalue weighted by molar-refractivity contribution is 0.0202. The van der Waals surface area contributed by atoms with Crippen molar-refractivity contribution in [1.82, 2.24) is 5.32 Å². The third kappa shape index (κ3) is 6.59. The maximum atomic E-state index is 12.0. The zero-order valence-corrected chi connectivity index (χ0v) is 13.9. The van der Waals surface area contributed by atoms with Crippen LogP contribution in [0.15, 0.2) is 24.3 Å². The first-order valence-corrected chi connectivity index (χ1v) is 8.46. The minimum Gasteiger partial charge on any atom is -0.494 e. The molecule has 1 aliphatic rings. The molecule has 0 aromatic heterocycles. The van der Waals surface area contributed by atoms with Gasteiger partial charge < -0.3 is 19.5 Å². The standard InChI is InChI=1S/C18H27NO4/c1-2-23-17-6-4-16(5-7-17)18(20)19-10-3-11-22-14-15-8-12-21-13-9-15/h4-7,15H,2-3,8-14H2,1H3,(H,19,20). The van der Waals surface area contributed by atoms with Gasteiger partial charge in [0, 0.05) is 38.5 Å². The number of ether oxygens (including phenoxy) is 3. The third-order valence-corrected chi connectivity index (χ3v) is 3.87. The zero-order valence-electron chi connectivity index (χ0n) is 13.9. The van der Waals surface area contributed by atoms with E-state index in [2.05, 4.69) is 5.32 Å². The fourth-order valence-electron chi connectivity index (χ4n) is 2.51. The number of hydrogen-bond donors (Lipinski definition) is 1. The highest BCUT2D eigenvalue weighted by Crippen LogP contribution is 2.14. The van der Waals surface area contributed by atoms with Gasteiger partial charge in [0.05, 0.1) is 6.61 Å². The van der Waals surface area contributed by atoms with E-state index in [1.165, 1.54) is 0 Å². The van der Waals surface area contributed by atoms with Gasteiger partial charge in [0.25, 0.3) is 5.91 Å². The lowest BCUT2D eigenvalue weighted by Gasteiger charge is -2.21. The Bertz CT molecular complexity index is 455. The Balaban J connectivity index is 1.55. The highest BCUT2D eigenvalue weighted by molar-refractivity contribution is 5.94. The summed E-state index contributed by atoms with van der Waals surface area (Å²) in [6.07, 6.45) is 3.01. The van der Waals surface area contributed by atoms with Crippen LogP contribution in [-0.4, -0.2) is 45.5 Å². The van der Waals surface area contributed by atoms with Crippen molar-refractivity contribution in [2.24, 2.45) is 5.92 Å². The van der Waals surface area contributed by atoms with E-state index in [-0.39, 0.29) is 5.91 Å². The molecule has 1 aromatic rings. The molecule has 1 heterocycles. The SMILES string of the molecule is CCOc1ccc(C(=O)NCCCOCC2CCOCC2)cc1. The molecule has 0 radical (unpaired) electrons. The molecule has 128 valence electrons. The second kappa shape index (κ2) is 10.2. The van der Waals surface area contributed by atoms with Gasteiger partial charge in [-0.05, 0) is 56.4 Å². The third-order valence-electron chi connectivity index (χ3n) is 3.87. The Morgan fingerprint density at radius 3 is 2.70 bits per heavy atom. The van der Waals surface area contributed by atoms with Gasteiger partial charge in [-0.25, -0.2) is 0 Å². The van der Waals surface area contributed by atoms with Crippen LogP contribution in [0.25, 0.3) is 0 Å². The molecule has 1 aliphatic heterocycles. The number of carbonyl (C=O) groups is 1. The second-order valence-electron chi connectivity index (χ2n) is 5.70. The van der Waals surface area contributed by atoms with Crippen LogP contribution in [0.4, 0.5) is 0 Å². The summed E-state index contributed by atoms with van der Waals surface area (Å²) in [4.78, 5) is 12.0. The van der Waals surface area contributed by atoms with Gasteiger partial charge in [-0.1, -0.05) is 0 Å². The fourth-order valence-corrected chi connectivity index (χ4v) is 2.51. The van der Waals surface area contributed by atoms with Crippen molar-refractivity contribution in [3.05, 3.63) is 29.8 Å². The molecule has 1 N–H and O–H groups in total. The Labute approximate surface area is 138 Å². The first-order chi connectivity index (χ1) is 11.3. The van der Waals surface area contributed by atoms with Crippen molar-refractivity contribution in [3.8, 4) is 5.75 Å². The average Bonchev–Trinajstić information content (AvgIpc) is 2.59. The van der Waals surface area contributed by atoms with E-state index < -0.39 is 0 Å². The van der Waals surface area contributed by atoms with Crippen molar-refractivity contribution in [3.63, 3.8) is 0 Å². The monoisotopic (exact) mass is 321 g/mol. The molecule has 0 atom stereocenters. The molecule has 5 nitrogen and oxygen atoms in total. The molecule has 1 aromatic carbocycles. The first-order valence-electron chi connectivity index (χ1n) is 8.46. The molecule has 0 saturated carbocycles. The topological polar surface area (TPSA) is 56.8 Å².